The van der Waals surface area contributed by atoms with Crippen LogP contribution < -0.4 is 5.73 Å². The van der Waals surface area contributed by atoms with Crippen molar-refractivity contribution in [3.05, 3.63) is 29.6 Å². The molecule has 15 heavy (non-hydrogen) atoms. The second-order valence-corrected chi connectivity index (χ2v) is 4.55. The molecule has 4 heteroatoms. The van der Waals surface area contributed by atoms with E-state index in [1.165, 1.54) is 0 Å². The summed E-state index contributed by atoms with van der Waals surface area (Å²) in [6.07, 6.45) is 2.65. The molecule has 80 valence electrons. The molecule has 1 atom stereocenters. The van der Waals surface area contributed by atoms with Gasteiger partial charge in [-0.05, 0) is 30.7 Å². The second kappa shape index (κ2) is 6.44. The van der Waals surface area contributed by atoms with Gasteiger partial charge in [0.05, 0.1) is 0 Å². The molecular formula is C11H15N3S. The number of thioether (sulfide) groups is 1. The minimum atomic E-state index is 0.252. The Labute approximate surface area is 94.7 Å². The highest BCUT2D eigenvalue weighted by Crippen LogP contribution is 2.15. The number of nitrogens with two attached hydrogens (primary N) is 1. The average Bonchev–Trinajstić information content (AvgIpc) is 2.24. The topological polar surface area (TPSA) is 62.7 Å². The van der Waals surface area contributed by atoms with Crippen molar-refractivity contribution in [2.75, 3.05) is 5.75 Å². The van der Waals surface area contributed by atoms with E-state index in [9.17, 15) is 0 Å². The van der Waals surface area contributed by atoms with Gasteiger partial charge in [-0.1, -0.05) is 6.07 Å². The number of nitriles is 1. The van der Waals surface area contributed by atoms with E-state index >= 15 is 0 Å². The summed E-state index contributed by atoms with van der Waals surface area (Å²) in [5.41, 5.74) is 7.19. The van der Waals surface area contributed by atoms with Crippen LogP contribution in [0.3, 0.4) is 0 Å². The lowest BCUT2D eigenvalue weighted by atomic mass is 10.2. The Morgan fingerprint density at radius 3 is 3.13 bits per heavy atom. The number of aromatic nitrogens is 1. The van der Waals surface area contributed by atoms with Gasteiger partial charge in [0.1, 0.15) is 11.8 Å². The van der Waals surface area contributed by atoms with Crippen molar-refractivity contribution in [2.45, 2.75) is 25.1 Å². The number of pyridine rings is 1. The average molecular weight is 221 g/mol. The van der Waals surface area contributed by atoms with Gasteiger partial charge in [-0.3, -0.25) is 0 Å². The van der Waals surface area contributed by atoms with Crippen LogP contribution in [0, 0.1) is 11.3 Å². The summed E-state index contributed by atoms with van der Waals surface area (Å²) >= 11 is 1.79. The van der Waals surface area contributed by atoms with E-state index in [2.05, 4.69) is 11.1 Å². The number of nitrogens with zero attached hydrogens (tertiary/aromatic N) is 2. The van der Waals surface area contributed by atoms with Crippen molar-refractivity contribution in [1.29, 1.82) is 5.26 Å². The van der Waals surface area contributed by atoms with Gasteiger partial charge in [-0.2, -0.15) is 17.0 Å². The molecule has 1 unspecified atom stereocenters. The first kappa shape index (κ1) is 12.0. The van der Waals surface area contributed by atoms with E-state index in [4.69, 9.17) is 11.0 Å². The predicted octanol–water partition coefficient (Wildman–Crippen LogP) is 1.92. The smallest absolute Gasteiger partial charge is 0.144 e. The van der Waals surface area contributed by atoms with Crippen LogP contribution in [0.15, 0.2) is 18.3 Å². The molecule has 0 fully saturated rings. The molecule has 2 N–H and O–H groups in total. The van der Waals surface area contributed by atoms with Gasteiger partial charge in [0.2, 0.25) is 0 Å². The number of hydrogen-bond acceptors (Lipinski definition) is 4. The van der Waals surface area contributed by atoms with Gasteiger partial charge in [0.15, 0.2) is 0 Å². The predicted molar refractivity (Wildman–Crippen MR) is 63.4 cm³/mol. The minimum absolute atomic E-state index is 0.252. The quantitative estimate of drug-likeness (QED) is 0.772. The van der Waals surface area contributed by atoms with Crippen LogP contribution >= 0.6 is 11.8 Å². The molecule has 0 aliphatic rings. The Bertz CT molecular complexity index is 344. The third kappa shape index (κ3) is 4.32. The van der Waals surface area contributed by atoms with Crippen LogP contribution in [-0.2, 0) is 5.75 Å². The Morgan fingerprint density at radius 1 is 1.67 bits per heavy atom. The lowest BCUT2D eigenvalue weighted by Crippen LogP contribution is -2.15. The summed E-state index contributed by atoms with van der Waals surface area (Å²) in [6, 6.07) is 6.16. The molecule has 3 nitrogen and oxygen atoms in total. The third-order valence-corrected chi connectivity index (χ3v) is 3.01. The number of hydrogen-bond donors (Lipinski definition) is 1. The molecule has 0 saturated heterocycles. The van der Waals surface area contributed by atoms with E-state index in [0.717, 1.165) is 23.5 Å². The van der Waals surface area contributed by atoms with Crippen LogP contribution in [0.5, 0.6) is 0 Å². The van der Waals surface area contributed by atoms with Gasteiger partial charge in [0.25, 0.3) is 0 Å². The molecule has 0 spiro atoms. The van der Waals surface area contributed by atoms with E-state index in [-0.39, 0.29) is 6.04 Å². The molecule has 1 heterocycles. The van der Waals surface area contributed by atoms with E-state index in [1.807, 2.05) is 19.1 Å². The SMILES string of the molecule is CC(N)CCSCc1cccnc1C#N. The zero-order valence-corrected chi connectivity index (χ0v) is 9.63. The van der Waals surface area contributed by atoms with Crippen LogP contribution in [0.25, 0.3) is 0 Å². The van der Waals surface area contributed by atoms with E-state index in [1.54, 1.807) is 18.0 Å². The van der Waals surface area contributed by atoms with Gasteiger partial charge < -0.3 is 5.73 Å². The van der Waals surface area contributed by atoms with Crippen molar-refractivity contribution >= 4 is 11.8 Å². The van der Waals surface area contributed by atoms with Gasteiger partial charge in [-0.25, -0.2) is 4.98 Å². The van der Waals surface area contributed by atoms with Gasteiger partial charge >= 0.3 is 0 Å². The molecule has 1 aromatic rings. The highest BCUT2D eigenvalue weighted by Gasteiger charge is 2.02. The first-order valence-corrected chi connectivity index (χ1v) is 6.07. The normalized spacial score (nSPS) is 12.1. The molecule has 1 rings (SSSR count). The molecule has 0 aromatic carbocycles. The van der Waals surface area contributed by atoms with Crippen molar-refractivity contribution < 1.29 is 0 Å². The molecule has 0 amide bonds. The Morgan fingerprint density at radius 2 is 2.47 bits per heavy atom. The molecule has 0 aliphatic carbocycles. The molecule has 0 bridgehead atoms. The molecule has 1 aromatic heterocycles. The van der Waals surface area contributed by atoms with Gasteiger partial charge in [0, 0.05) is 18.0 Å². The fourth-order valence-electron chi connectivity index (χ4n) is 1.11. The second-order valence-electron chi connectivity index (χ2n) is 3.44. The summed E-state index contributed by atoms with van der Waals surface area (Å²) in [4.78, 5) is 4.01. The lowest BCUT2D eigenvalue weighted by molar-refractivity contribution is 0.721. The molecular weight excluding hydrogens is 206 g/mol. The zero-order chi connectivity index (χ0) is 11.1. The van der Waals surface area contributed by atoms with Crippen LogP contribution in [0.1, 0.15) is 24.6 Å². The Balaban J connectivity index is 2.41. The van der Waals surface area contributed by atoms with E-state index < -0.39 is 0 Å². The monoisotopic (exact) mass is 221 g/mol. The van der Waals surface area contributed by atoms with Crippen molar-refractivity contribution in [3.63, 3.8) is 0 Å². The largest absolute Gasteiger partial charge is 0.328 e. The molecule has 0 saturated carbocycles. The van der Waals surface area contributed by atoms with Crippen LogP contribution in [-0.4, -0.2) is 16.8 Å². The Hall–Kier alpha value is -1.05. The highest BCUT2D eigenvalue weighted by molar-refractivity contribution is 7.98. The van der Waals surface area contributed by atoms with Gasteiger partial charge in [-0.15, -0.1) is 0 Å². The summed E-state index contributed by atoms with van der Waals surface area (Å²) in [6.45, 7) is 2.01. The first-order valence-electron chi connectivity index (χ1n) is 4.91. The van der Waals surface area contributed by atoms with Crippen LogP contribution in [0.4, 0.5) is 0 Å². The maximum Gasteiger partial charge on any atom is 0.144 e. The third-order valence-electron chi connectivity index (χ3n) is 1.97. The zero-order valence-electron chi connectivity index (χ0n) is 8.81. The maximum atomic E-state index is 8.82. The lowest BCUT2D eigenvalue weighted by Gasteiger charge is -2.05. The maximum absolute atomic E-state index is 8.82. The van der Waals surface area contributed by atoms with Crippen molar-refractivity contribution in [1.82, 2.24) is 4.98 Å². The minimum Gasteiger partial charge on any atom is -0.328 e. The highest BCUT2D eigenvalue weighted by atomic mass is 32.2. The van der Waals surface area contributed by atoms with Crippen molar-refractivity contribution in [2.24, 2.45) is 5.73 Å². The fraction of sp³-hybridized carbons (Fsp3) is 0.455. The first-order chi connectivity index (χ1) is 7.24. The summed E-state index contributed by atoms with van der Waals surface area (Å²) < 4.78 is 0. The molecule has 0 radical (unpaired) electrons. The summed E-state index contributed by atoms with van der Waals surface area (Å²) in [5.74, 6) is 1.86. The van der Waals surface area contributed by atoms with Crippen molar-refractivity contribution in [3.8, 4) is 6.07 Å². The summed E-state index contributed by atoms with van der Waals surface area (Å²) in [7, 11) is 0. The molecule has 0 aliphatic heterocycles. The standard InChI is InChI=1S/C11H15N3S/c1-9(13)4-6-15-8-10-3-2-5-14-11(10)7-12/h2-3,5,9H,4,6,8,13H2,1H3. The van der Waals surface area contributed by atoms with Crippen LogP contribution in [0.2, 0.25) is 0 Å². The Kier molecular flexibility index (Phi) is 5.16. The van der Waals surface area contributed by atoms with E-state index in [0.29, 0.717) is 5.69 Å². The number of rotatable bonds is 5. The fourth-order valence-corrected chi connectivity index (χ4v) is 2.24. The summed E-state index contributed by atoms with van der Waals surface area (Å²) in [5, 5.41) is 8.82.